The molecule has 1 aromatic rings. The van der Waals surface area contributed by atoms with Crippen molar-refractivity contribution in [1.82, 2.24) is 9.97 Å². The lowest BCUT2D eigenvalue weighted by atomic mass is 10.4. The number of hydrogen-bond acceptors (Lipinski definition) is 3. The first-order valence-electron chi connectivity index (χ1n) is 3.44. The van der Waals surface area contributed by atoms with E-state index in [9.17, 15) is 4.79 Å². The van der Waals surface area contributed by atoms with Crippen LogP contribution < -0.4 is 0 Å². The Balaban J connectivity index is 2.56. The van der Waals surface area contributed by atoms with E-state index in [1.165, 1.54) is 19.5 Å². The number of H-pyrrole nitrogens is 1. The van der Waals surface area contributed by atoms with Crippen LogP contribution in [-0.2, 0) is 4.79 Å². The van der Waals surface area contributed by atoms with Gasteiger partial charge in [0.25, 0.3) is 0 Å². The van der Waals surface area contributed by atoms with Gasteiger partial charge in [0.05, 0.1) is 18.2 Å². The lowest BCUT2D eigenvalue weighted by Gasteiger charge is -1.95. The first-order chi connectivity index (χ1) is 5.70. The summed E-state index contributed by atoms with van der Waals surface area (Å²) in [4.78, 5) is 20.6. The van der Waals surface area contributed by atoms with E-state index in [-0.39, 0.29) is 0 Å². The summed E-state index contributed by atoms with van der Waals surface area (Å²) in [5.41, 5.74) is 0.697. The van der Waals surface area contributed by atoms with Gasteiger partial charge in [0.15, 0.2) is 0 Å². The number of nitrogens with one attached hydrogen (secondary N) is 1. The molecule has 0 radical (unpaired) electrons. The number of carboxylic acids is 1. The molecule has 0 aliphatic heterocycles. The third-order valence-corrected chi connectivity index (χ3v) is 1.31. The van der Waals surface area contributed by atoms with Crippen molar-refractivity contribution in [2.45, 2.75) is 13.0 Å². The van der Waals surface area contributed by atoms with Crippen molar-refractivity contribution in [3.8, 4) is 0 Å². The highest BCUT2D eigenvalue weighted by Crippen LogP contribution is 1.91. The summed E-state index contributed by atoms with van der Waals surface area (Å²) in [6.07, 6.45) is 4.52. The molecule has 12 heavy (non-hydrogen) atoms. The molecular formula is C7H9N3O2. The van der Waals surface area contributed by atoms with Crippen LogP contribution in [0.1, 0.15) is 12.6 Å². The van der Waals surface area contributed by atoms with Gasteiger partial charge >= 0.3 is 5.97 Å². The lowest BCUT2D eigenvalue weighted by Crippen LogP contribution is -2.13. The Morgan fingerprint density at radius 1 is 1.92 bits per heavy atom. The van der Waals surface area contributed by atoms with E-state index in [0.717, 1.165) is 0 Å². The molecule has 0 saturated heterocycles. The molecule has 5 heteroatoms. The molecule has 1 aromatic heterocycles. The number of aromatic nitrogens is 2. The molecule has 0 aromatic carbocycles. The zero-order valence-electron chi connectivity index (χ0n) is 6.56. The zero-order chi connectivity index (χ0) is 8.97. The fourth-order valence-electron chi connectivity index (χ4n) is 0.593. The van der Waals surface area contributed by atoms with Gasteiger partial charge in [-0.15, -0.1) is 0 Å². The molecule has 0 unspecified atom stereocenters. The Bertz CT molecular complexity index is 279. The Labute approximate surface area is 69.2 Å². The summed E-state index contributed by atoms with van der Waals surface area (Å²) in [6, 6.07) is -0.715. The summed E-state index contributed by atoms with van der Waals surface area (Å²) in [5, 5.41) is 8.47. The molecule has 1 heterocycles. The summed E-state index contributed by atoms with van der Waals surface area (Å²) < 4.78 is 0. The number of aliphatic carboxylic acids is 1. The van der Waals surface area contributed by atoms with Crippen LogP contribution >= 0.6 is 0 Å². The van der Waals surface area contributed by atoms with Crippen LogP contribution in [0.25, 0.3) is 0 Å². The summed E-state index contributed by atoms with van der Waals surface area (Å²) in [6.45, 7) is 1.51. The predicted molar refractivity (Wildman–Crippen MR) is 43.3 cm³/mol. The van der Waals surface area contributed by atoms with E-state index < -0.39 is 12.0 Å². The van der Waals surface area contributed by atoms with Crippen molar-refractivity contribution in [3.63, 3.8) is 0 Å². The molecular weight excluding hydrogens is 158 g/mol. The van der Waals surface area contributed by atoms with Gasteiger partial charge < -0.3 is 10.1 Å². The number of rotatable bonds is 3. The highest BCUT2D eigenvalue weighted by Gasteiger charge is 2.06. The largest absolute Gasteiger partial charge is 0.480 e. The van der Waals surface area contributed by atoms with Gasteiger partial charge in [-0.05, 0) is 6.92 Å². The van der Waals surface area contributed by atoms with E-state index in [2.05, 4.69) is 15.0 Å². The van der Waals surface area contributed by atoms with Crippen molar-refractivity contribution >= 4 is 12.2 Å². The molecule has 1 rings (SSSR count). The van der Waals surface area contributed by atoms with Gasteiger partial charge in [-0.2, -0.15) is 0 Å². The zero-order valence-corrected chi connectivity index (χ0v) is 6.56. The molecule has 1 atom stereocenters. The number of carbonyl (C=O) groups is 1. The third kappa shape index (κ3) is 2.19. The maximum atomic E-state index is 10.3. The fraction of sp³-hybridized carbons (Fsp3) is 0.286. The van der Waals surface area contributed by atoms with Crippen molar-refractivity contribution < 1.29 is 9.90 Å². The molecule has 0 aliphatic carbocycles. The Morgan fingerprint density at radius 2 is 2.67 bits per heavy atom. The minimum Gasteiger partial charge on any atom is -0.480 e. The fourth-order valence-corrected chi connectivity index (χ4v) is 0.593. The number of hydrogen-bond donors (Lipinski definition) is 2. The smallest absolute Gasteiger partial charge is 0.328 e. The molecule has 0 saturated carbocycles. The lowest BCUT2D eigenvalue weighted by molar-refractivity contribution is -0.137. The van der Waals surface area contributed by atoms with Crippen molar-refractivity contribution in [2.24, 2.45) is 4.99 Å². The van der Waals surface area contributed by atoms with E-state index in [4.69, 9.17) is 5.11 Å². The van der Waals surface area contributed by atoms with Crippen molar-refractivity contribution in [2.75, 3.05) is 0 Å². The van der Waals surface area contributed by atoms with Crippen LogP contribution in [0.3, 0.4) is 0 Å². The minimum absolute atomic E-state index is 0.697. The SMILES string of the molecule is C[C@@H](N=Cc1cnc[nH]1)C(=O)O. The number of carboxylic acid groups (broad SMARTS) is 1. The average Bonchev–Trinajstić information content (AvgIpc) is 2.51. The monoisotopic (exact) mass is 167 g/mol. The van der Waals surface area contributed by atoms with Crippen molar-refractivity contribution in [1.29, 1.82) is 0 Å². The molecule has 0 bridgehead atoms. The molecule has 64 valence electrons. The van der Waals surface area contributed by atoms with E-state index in [0.29, 0.717) is 5.69 Å². The second-order valence-corrected chi connectivity index (χ2v) is 2.30. The first kappa shape index (κ1) is 8.45. The Hall–Kier alpha value is -1.65. The summed E-state index contributed by atoms with van der Waals surface area (Å²) in [7, 11) is 0. The van der Waals surface area contributed by atoms with Gasteiger partial charge in [0, 0.05) is 6.21 Å². The van der Waals surface area contributed by atoms with E-state index in [1.807, 2.05) is 0 Å². The second-order valence-electron chi connectivity index (χ2n) is 2.30. The average molecular weight is 167 g/mol. The van der Waals surface area contributed by atoms with E-state index in [1.54, 1.807) is 6.20 Å². The molecule has 0 spiro atoms. The highest BCUT2D eigenvalue weighted by atomic mass is 16.4. The van der Waals surface area contributed by atoms with Gasteiger partial charge in [-0.3, -0.25) is 4.99 Å². The maximum absolute atomic E-state index is 10.3. The van der Waals surface area contributed by atoms with Crippen LogP contribution in [-0.4, -0.2) is 33.3 Å². The van der Waals surface area contributed by atoms with Crippen molar-refractivity contribution in [3.05, 3.63) is 18.2 Å². The standard InChI is InChI=1S/C7H9N3O2/c1-5(7(11)12)9-3-6-2-8-4-10-6/h2-5H,1H3,(H,8,10)(H,11,12)/t5-/m1/s1. The highest BCUT2D eigenvalue weighted by molar-refractivity contribution is 5.81. The summed E-state index contributed by atoms with van der Waals surface area (Å²) >= 11 is 0. The third-order valence-electron chi connectivity index (χ3n) is 1.31. The topological polar surface area (TPSA) is 78.3 Å². The van der Waals surface area contributed by atoms with Crippen LogP contribution in [0.4, 0.5) is 0 Å². The van der Waals surface area contributed by atoms with Crippen LogP contribution in [0.2, 0.25) is 0 Å². The molecule has 5 nitrogen and oxygen atoms in total. The molecule has 0 fully saturated rings. The first-order valence-corrected chi connectivity index (χ1v) is 3.44. The minimum atomic E-state index is -0.939. The normalized spacial score (nSPS) is 13.4. The number of imidazole rings is 1. The number of aromatic amines is 1. The van der Waals surface area contributed by atoms with Gasteiger partial charge in [-0.25, -0.2) is 9.78 Å². The second kappa shape index (κ2) is 3.66. The molecule has 0 aliphatic rings. The van der Waals surface area contributed by atoms with Crippen LogP contribution in [0.5, 0.6) is 0 Å². The van der Waals surface area contributed by atoms with Gasteiger partial charge in [0.2, 0.25) is 0 Å². The molecule has 2 N–H and O–H groups in total. The van der Waals surface area contributed by atoms with Gasteiger partial charge in [-0.1, -0.05) is 0 Å². The van der Waals surface area contributed by atoms with Crippen LogP contribution in [0.15, 0.2) is 17.5 Å². The molecule has 0 amide bonds. The predicted octanol–water partition coefficient (Wildman–Crippen LogP) is 0.302. The Morgan fingerprint density at radius 3 is 3.17 bits per heavy atom. The quantitative estimate of drug-likeness (QED) is 0.635. The van der Waals surface area contributed by atoms with Crippen LogP contribution in [0, 0.1) is 0 Å². The number of aliphatic imine (C=N–C) groups is 1. The van der Waals surface area contributed by atoms with Gasteiger partial charge in [0.1, 0.15) is 6.04 Å². The maximum Gasteiger partial charge on any atom is 0.328 e. The summed E-state index contributed by atoms with van der Waals surface area (Å²) in [5.74, 6) is -0.939. The number of nitrogens with zero attached hydrogens (tertiary/aromatic N) is 2. The van der Waals surface area contributed by atoms with E-state index >= 15 is 0 Å². The Kier molecular flexibility index (Phi) is 2.57.